The van der Waals surface area contributed by atoms with Gasteiger partial charge in [-0.15, -0.1) is 0 Å². The third kappa shape index (κ3) is 4.22. The number of phenolic OH excluding ortho intramolecular Hbond substituents is 1. The van der Waals surface area contributed by atoms with Gasteiger partial charge in [-0.25, -0.2) is 0 Å². The van der Waals surface area contributed by atoms with E-state index in [0.717, 1.165) is 29.7 Å². The van der Waals surface area contributed by atoms with Crippen LogP contribution in [-0.4, -0.2) is 39.3 Å². The van der Waals surface area contributed by atoms with Crippen molar-refractivity contribution in [2.75, 3.05) is 13.2 Å². The molecule has 0 saturated heterocycles. The normalized spacial score (nSPS) is 15.2. The molecule has 6 heteroatoms. The Hall–Kier alpha value is -3.28. The monoisotopic (exact) mass is 433 g/mol. The minimum atomic E-state index is -0.260. The summed E-state index contributed by atoms with van der Waals surface area (Å²) in [6.07, 6.45) is 5.53. The molecule has 2 heterocycles. The van der Waals surface area contributed by atoms with Crippen molar-refractivity contribution >= 4 is 5.91 Å². The molecule has 0 bridgehead atoms. The van der Waals surface area contributed by atoms with Crippen molar-refractivity contribution in [1.82, 2.24) is 15.1 Å². The number of ether oxygens (including phenoxy) is 1. The summed E-state index contributed by atoms with van der Waals surface area (Å²) < 4.78 is 5.90. The number of phenols is 1. The van der Waals surface area contributed by atoms with Gasteiger partial charge in [-0.2, -0.15) is 5.10 Å². The molecule has 1 aromatic heterocycles. The standard InChI is InChI=1S/C26H31N3O3/c1-3-5-6-9-17-32-19-14-12-18(13-15-19)25-22-23(20-10-7-8-11-21(20)30)27-28-24(22)26(31)29(25)16-4-2/h7-8,10-15,25,30H,3-6,9,16-17H2,1-2H3,(H,27,28)/t25-/m0/s1. The number of benzene rings is 2. The molecular weight excluding hydrogens is 402 g/mol. The number of amides is 1. The summed E-state index contributed by atoms with van der Waals surface area (Å²) in [5, 5.41) is 17.8. The molecule has 168 valence electrons. The second-order valence-electron chi connectivity index (χ2n) is 8.26. The van der Waals surface area contributed by atoms with Crippen LogP contribution in [0.25, 0.3) is 11.3 Å². The third-order valence-corrected chi connectivity index (χ3v) is 5.95. The summed E-state index contributed by atoms with van der Waals surface area (Å²) in [5.41, 5.74) is 3.55. The number of para-hydroxylation sites is 1. The molecule has 32 heavy (non-hydrogen) atoms. The minimum absolute atomic E-state index is 0.0581. The van der Waals surface area contributed by atoms with E-state index in [1.807, 2.05) is 41.3 Å². The lowest BCUT2D eigenvalue weighted by Gasteiger charge is -2.26. The van der Waals surface area contributed by atoms with E-state index in [2.05, 4.69) is 24.0 Å². The maximum Gasteiger partial charge on any atom is 0.273 e. The molecule has 1 amide bonds. The number of fused-ring (bicyclic) bond motifs is 1. The minimum Gasteiger partial charge on any atom is -0.507 e. The number of nitrogens with zero attached hydrogens (tertiary/aromatic N) is 2. The van der Waals surface area contributed by atoms with Crippen molar-refractivity contribution in [2.45, 2.75) is 52.0 Å². The van der Waals surface area contributed by atoms with E-state index in [9.17, 15) is 9.90 Å². The zero-order chi connectivity index (χ0) is 22.5. The van der Waals surface area contributed by atoms with Crippen molar-refractivity contribution in [3.63, 3.8) is 0 Å². The molecule has 1 atom stereocenters. The molecule has 3 aromatic rings. The topological polar surface area (TPSA) is 78.5 Å². The molecule has 6 nitrogen and oxygen atoms in total. The lowest BCUT2D eigenvalue weighted by atomic mass is 9.95. The Labute approximate surface area is 189 Å². The molecule has 0 fully saturated rings. The highest BCUT2D eigenvalue weighted by Crippen LogP contribution is 2.44. The van der Waals surface area contributed by atoms with Crippen LogP contribution in [0.2, 0.25) is 0 Å². The number of aromatic amines is 1. The van der Waals surface area contributed by atoms with Crippen molar-refractivity contribution < 1.29 is 14.6 Å². The van der Waals surface area contributed by atoms with E-state index >= 15 is 0 Å². The fraction of sp³-hybridized carbons (Fsp3) is 0.385. The van der Waals surface area contributed by atoms with Gasteiger partial charge in [0.15, 0.2) is 0 Å². The molecule has 0 unspecified atom stereocenters. The van der Waals surface area contributed by atoms with Crippen LogP contribution in [-0.2, 0) is 0 Å². The lowest BCUT2D eigenvalue weighted by molar-refractivity contribution is 0.0744. The quantitative estimate of drug-likeness (QED) is 0.402. The van der Waals surface area contributed by atoms with Crippen molar-refractivity contribution in [1.29, 1.82) is 0 Å². The van der Waals surface area contributed by atoms with E-state index in [1.54, 1.807) is 12.1 Å². The Morgan fingerprint density at radius 3 is 2.53 bits per heavy atom. The fourth-order valence-electron chi connectivity index (χ4n) is 4.36. The molecule has 0 radical (unpaired) electrons. The molecule has 2 N–H and O–H groups in total. The highest BCUT2D eigenvalue weighted by Gasteiger charge is 2.42. The van der Waals surface area contributed by atoms with Gasteiger partial charge in [-0.05, 0) is 42.7 Å². The number of rotatable bonds is 10. The van der Waals surface area contributed by atoms with E-state index in [-0.39, 0.29) is 17.7 Å². The third-order valence-electron chi connectivity index (χ3n) is 5.95. The summed E-state index contributed by atoms with van der Waals surface area (Å²) in [4.78, 5) is 15.0. The molecule has 1 aliphatic heterocycles. The average Bonchev–Trinajstić information content (AvgIpc) is 3.34. The molecule has 2 aromatic carbocycles. The SMILES string of the molecule is CCCCCCOc1ccc([C@H]2c3c(-c4ccccc4O)n[nH]c3C(=O)N2CCC)cc1. The molecule has 1 aliphatic rings. The number of hydrogen-bond donors (Lipinski definition) is 2. The number of H-pyrrole nitrogens is 1. The van der Waals surface area contributed by atoms with Gasteiger partial charge in [0.05, 0.1) is 12.6 Å². The Kier molecular flexibility index (Phi) is 6.78. The maximum atomic E-state index is 13.2. The molecule has 0 saturated carbocycles. The maximum absolute atomic E-state index is 13.2. The summed E-state index contributed by atoms with van der Waals surface area (Å²) in [6, 6.07) is 14.8. The number of aromatic nitrogens is 2. The van der Waals surface area contributed by atoms with Gasteiger partial charge in [0.25, 0.3) is 5.91 Å². The zero-order valence-electron chi connectivity index (χ0n) is 18.8. The van der Waals surface area contributed by atoms with Crippen LogP contribution in [0.5, 0.6) is 11.5 Å². The zero-order valence-corrected chi connectivity index (χ0v) is 18.8. The van der Waals surface area contributed by atoms with Gasteiger partial charge >= 0.3 is 0 Å². The second kappa shape index (κ2) is 9.90. The van der Waals surface area contributed by atoms with Crippen molar-refractivity contribution in [3.05, 3.63) is 65.4 Å². The number of nitrogens with one attached hydrogen (secondary N) is 1. The van der Waals surface area contributed by atoms with Crippen LogP contribution < -0.4 is 4.74 Å². The predicted molar refractivity (Wildman–Crippen MR) is 125 cm³/mol. The number of unbranched alkanes of at least 4 members (excludes halogenated alkanes) is 3. The highest BCUT2D eigenvalue weighted by atomic mass is 16.5. The summed E-state index contributed by atoms with van der Waals surface area (Å²) in [7, 11) is 0. The van der Waals surface area contributed by atoms with Crippen molar-refractivity contribution in [2.24, 2.45) is 0 Å². The smallest absolute Gasteiger partial charge is 0.273 e. The summed E-state index contributed by atoms with van der Waals surface area (Å²) in [6.45, 7) is 5.62. The average molecular weight is 434 g/mol. The molecular formula is C26H31N3O3. The molecule has 4 rings (SSSR count). The summed E-state index contributed by atoms with van der Waals surface area (Å²) >= 11 is 0. The van der Waals surface area contributed by atoms with E-state index in [1.165, 1.54) is 19.3 Å². The lowest BCUT2D eigenvalue weighted by Crippen LogP contribution is -2.30. The van der Waals surface area contributed by atoms with Gasteiger partial charge in [0.2, 0.25) is 0 Å². The number of carbonyl (C=O) groups excluding carboxylic acids is 1. The van der Waals surface area contributed by atoms with Crippen molar-refractivity contribution in [3.8, 4) is 22.8 Å². The predicted octanol–water partition coefficient (Wildman–Crippen LogP) is 5.70. The Bertz CT molecular complexity index is 1060. The van der Waals surface area contributed by atoms with Crippen LogP contribution in [0.1, 0.15) is 73.6 Å². The summed E-state index contributed by atoms with van der Waals surface area (Å²) in [5.74, 6) is 0.927. The fourth-order valence-corrected chi connectivity index (χ4v) is 4.36. The Morgan fingerprint density at radius 1 is 1.03 bits per heavy atom. The Balaban J connectivity index is 1.64. The van der Waals surface area contributed by atoms with Gasteiger partial charge in [0.1, 0.15) is 22.9 Å². The van der Waals surface area contributed by atoms with Crippen LogP contribution in [0, 0.1) is 0 Å². The largest absolute Gasteiger partial charge is 0.507 e. The van der Waals surface area contributed by atoms with Gasteiger partial charge < -0.3 is 14.7 Å². The van der Waals surface area contributed by atoms with E-state index < -0.39 is 0 Å². The first-order valence-corrected chi connectivity index (χ1v) is 11.6. The molecule has 0 aliphatic carbocycles. The van der Waals surface area contributed by atoms with E-state index in [0.29, 0.717) is 30.1 Å². The molecule has 0 spiro atoms. The first kappa shape index (κ1) is 21.9. The number of hydrogen-bond acceptors (Lipinski definition) is 4. The van der Waals surface area contributed by atoms with Crippen LogP contribution >= 0.6 is 0 Å². The van der Waals surface area contributed by atoms with Crippen LogP contribution in [0.15, 0.2) is 48.5 Å². The first-order chi connectivity index (χ1) is 15.7. The van der Waals surface area contributed by atoms with Gasteiger partial charge in [-0.1, -0.05) is 57.4 Å². The van der Waals surface area contributed by atoms with E-state index in [4.69, 9.17) is 4.74 Å². The number of aromatic hydroxyl groups is 1. The number of carbonyl (C=O) groups is 1. The Morgan fingerprint density at radius 2 is 1.81 bits per heavy atom. The second-order valence-corrected chi connectivity index (χ2v) is 8.26. The van der Waals surface area contributed by atoms with Gasteiger partial charge in [-0.3, -0.25) is 9.89 Å². The highest BCUT2D eigenvalue weighted by molar-refractivity contribution is 6.00. The van der Waals surface area contributed by atoms with Crippen LogP contribution in [0.3, 0.4) is 0 Å². The van der Waals surface area contributed by atoms with Crippen LogP contribution in [0.4, 0.5) is 0 Å². The van der Waals surface area contributed by atoms with Gasteiger partial charge in [0, 0.05) is 17.7 Å². The first-order valence-electron chi connectivity index (χ1n) is 11.6.